The van der Waals surface area contributed by atoms with Crippen molar-refractivity contribution in [1.82, 2.24) is 0 Å². The van der Waals surface area contributed by atoms with Crippen molar-refractivity contribution in [3.05, 3.63) is 22.8 Å². The van der Waals surface area contributed by atoms with Gasteiger partial charge in [0.15, 0.2) is 17.8 Å². The van der Waals surface area contributed by atoms with Gasteiger partial charge in [-0.25, -0.2) is 0 Å². The lowest BCUT2D eigenvalue weighted by Crippen LogP contribution is -2.03. The monoisotopic (exact) mass is 280 g/mol. The van der Waals surface area contributed by atoms with Crippen molar-refractivity contribution in [2.45, 2.75) is 25.7 Å². The van der Waals surface area contributed by atoms with Gasteiger partial charge in [0.25, 0.3) is 0 Å². The minimum atomic E-state index is -0.895. The van der Waals surface area contributed by atoms with Gasteiger partial charge in [0.2, 0.25) is 0 Å². The first-order valence-corrected chi connectivity index (χ1v) is 6.10. The Morgan fingerprint density at radius 2 is 2.00 bits per heavy atom. The number of rotatable bonds is 8. The van der Waals surface area contributed by atoms with Crippen LogP contribution in [0.1, 0.15) is 45.5 Å². The largest absolute Gasteiger partial charge is 0.504 e. The van der Waals surface area contributed by atoms with E-state index in [9.17, 15) is 19.5 Å². The van der Waals surface area contributed by atoms with Gasteiger partial charge in [-0.1, -0.05) is 0 Å². The van der Waals surface area contributed by atoms with E-state index >= 15 is 0 Å². The maximum Gasteiger partial charge on any atom is 0.303 e. The van der Waals surface area contributed by atoms with Gasteiger partial charge in [-0.15, -0.1) is 0 Å². The SMILES string of the molecule is COc1cc(C=O)c(CCCCC(=O)O)c(C=O)c1O. The zero-order valence-corrected chi connectivity index (χ0v) is 11.1. The number of aldehydes is 2. The van der Waals surface area contributed by atoms with Crippen molar-refractivity contribution in [2.75, 3.05) is 7.11 Å². The van der Waals surface area contributed by atoms with Gasteiger partial charge in [-0.3, -0.25) is 14.4 Å². The van der Waals surface area contributed by atoms with Crippen LogP contribution in [-0.2, 0) is 11.2 Å². The van der Waals surface area contributed by atoms with Crippen LogP contribution in [0.3, 0.4) is 0 Å². The summed E-state index contributed by atoms with van der Waals surface area (Å²) in [5.74, 6) is -1.14. The highest BCUT2D eigenvalue weighted by molar-refractivity contribution is 5.90. The summed E-state index contributed by atoms with van der Waals surface area (Å²) in [6.45, 7) is 0. The molecule has 108 valence electrons. The molecule has 0 spiro atoms. The van der Waals surface area contributed by atoms with E-state index in [1.165, 1.54) is 13.2 Å². The van der Waals surface area contributed by atoms with Crippen LogP contribution in [0.2, 0.25) is 0 Å². The van der Waals surface area contributed by atoms with Gasteiger partial charge in [-0.05, 0) is 30.9 Å². The molecule has 0 atom stereocenters. The molecule has 1 rings (SSSR count). The van der Waals surface area contributed by atoms with E-state index in [1.54, 1.807) is 0 Å². The topological polar surface area (TPSA) is 101 Å². The summed E-state index contributed by atoms with van der Waals surface area (Å²) in [5.41, 5.74) is 0.692. The summed E-state index contributed by atoms with van der Waals surface area (Å²) in [6, 6.07) is 1.36. The van der Waals surface area contributed by atoms with E-state index in [0.717, 1.165) is 0 Å². The molecule has 6 nitrogen and oxygen atoms in total. The van der Waals surface area contributed by atoms with E-state index in [-0.39, 0.29) is 29.0 Å². The van der Waals surface area contributed by atoms with E-state index in [1.807, 2.05) is 0 Å². The van der Waals surface area contributed by atoms with Crippen molar-refractivity contribution < 1.29 is 29.3 Å². The summed E-state index contributed by atoms with van der Waals surface area (Å²) < 4.78 is 4.90. The van der Waals surface area contributed by atoms with Crippen LogP contribution in [0.25, 0.3) is 0 Å². The molecule has 0 radical (unpaired) electrons. The van der Waals surface area contributed by atoms with Crippen molar-refractivity contribution in [1.29, 1.82) is 0 Å². The number of methoxy groups -OCH3 is 1. The molecule has 0 amide bonds. The Bertz CT molecular complexity index is 521. The van der Waals surface area contributed by atoms with Crippen molar-refractivity contribution in [3.8, 4) is 11.5 Å². The average Bonchev–Trinajstić information content (AvgIpc) is 2.43. The Kier molecular flexibility index (Phi) is 5.71. The minimum absolute atomic E-state index is 0.0155. The Morgan fingerprint density at radius 3 is 2.50 bits per heavy atom. The second-order valence-electron chi connectivity index (χ2n) is 4.25. The highest BCUT2D eigenvalue weighted by atomic mass is 16.5. The molecule has 0 aliphatic heterocycles. The lowest BCUT2D eigenvalue weighted by Gasteiger charge is -2.13. The molecule has 6 heteroatoms. The molecular weight excluding hydrogens is 264 g/mol. The Balaban J connectivity index is 3.03. The Morgan fingerprint density at radius 1 is 1.30 bits per heavy atom. The average molecular weight is 280 g/mol. The van der Waals surface area contributed by atoms with Crippen LogP contribution >= 0.6 is 0 Å². The number of unbranched alkanes of at least 4 members (excludes halogenated alkanes) is 1. The zero-order chi connectivity index (χ0) is 15.1. The minimum Gasteiger partial charge on any atom is -0.504 e. The number of benzene rings is 1. The predicted octanol–water partition coefficient (Wildman–Crippen LogP) is 1.82. The summed E-state index contributed by atoms with van der Waals surface area (Å²) in [5, 5.41) is 18.4. The van der Waals surface area contributed by atoms with Crippen LogP contribution in [0.15, 0.2) is 6.07 Å². The second-order valence-corrected chi connectivity index (χ2v) is 4.25. The number of carboxylic acid groups (broad SMARTS) is 1. The quantitative estimate of drug-likeness (QED) is 0.556. The predicted molar refractivity (Wildman–Crippen MR) is 70.6 cm³/mol. The molecule has 0 aromatic heterocycles. The molecule has 0 fully saturated rings. The maximum atomic E-state index is 11.1. The van der Waals surface area contributed by atoms with Crippen LogP contribution in [0.4, 0.5) is 0 Å². The molecule has 0 saturated heterocycles. The van der Waals surface area contributed by atoms with Gasteiger partial charge in [-0.2, -0.15) is 0 Å². The number of aliphatic carboxylic acids is 1. The van der Waals surface area contributed by atoms with E-state index in [0.29, 0.717) is 37.4 Å². The number of phenolic OH excluding ortho intramolecular Hbond substituents is 1. The van der Waals surface area contributed by atoms with Gasteiger partial charge in [0.05, 0.1) is 12.7 Å². The Labute approximate surface area is 116 Å². The fourth-order valence-corrected chi connectivity index (χ4v) is 1.97. The number of carbonyl (C=O) groups is 3. The lowest BCUT2D eigenvalue weighted by atomic mass is 9.95. The standard InChI is InChI=1S/C14H16O6/c1-20-12-6-9(7-15)10(11(8-16)14(12)19)4-2-3-5-13(17)18/h6-8,19H,2-5H2,1H3,(H,17,18). The number of aromatic hydroxyl groups is 1. The lowest BCUT2D eigenvalue weighted by molar-refractivity contribution is -0.137. The van der Waals surface area contributed by atoms with Crippen molar-refractivity contribution in [2.24, 2.45) is 0 Å². The summed E-state index contributed by atoms with van der Waals surface area (Å²) in [7, 11) is 1.32. The summed E-state index contributed by atoms with van der Waals surface area (Å²) in [6.07, 6.45) is 2.35. The summed E-state index contributed by atoms with van der Waals surface area (Å²) in [4.78, 5) is 32.6. The normalized spacial score (nSPS) is 10.1. The Hall–Kier alpha value is -2.37. The third kappa shape index (κ3) is 3.57. The smallest absolute Gasteiger partial charge is 0.303 e. The number of carbonyl (C=O) groups excluding carboxylic acids is 2. The fourth-order valence-electron chi connectivity index (χ4n) is 1.97. The third-order valence-corrected chi connectivity index (χ3v) is 2.98. The molecule has 1 aromatic carbocycles. The number of carboxylic acids is 1. The fraction of sp³-hybridized carbons (Fsp3) is 0.357. The zero-order valence-electron chi connectivity index (χ0n) is 11.1. The second kappa shape index (κ2) is 7.28. The first kappa shape index (κ1) is 15.7. The molecular formula is C14H16O6. The van der Waals surface area contributed by atoms with Crippen LogP contribution < -0.4 is 4.74 Å². The molecule has 0 aliphatic carbocycles. The van der Waals surface area contributed by atoms with E-state index < -0.39 is 5.97 Å². The van der Waals surface area contributed by atoms with Gasteiger partial charge >= 0.3 is 5.97 Å². The number of hydrogen-bond acceptors (Lipinski definition) is 5. The van der Waals surface area contributed by atoms with Crippen LogP contribution in [0, 0.1) is 0 Å². The highest BCUT2D eigenvalue weighted by Gasteiger charge is 2.17. The first-order chi connectivity index (χ1) is 9.54. The third-order valence-electron chi connectivity index (χ3n) is 2.98. The van der Waals surface area contributed by atoms with Crippen LogP contribution in [0.5, 0.6) is 11.5 Å². The molecule has 0 bridgehead atoms. The highest BCUT2D eigenvalue weighted by Crippen LogP contribution is 2.34. The van der Waals surface area contributed by atoms with E-state index in [2.05, 4.69) is 0 Å². The maximum absolute atomic E-state index is 11.1. The molecule has 2 N–H and O–H groups in total. The molecule has 0 aliphatic rings. The van der Waals surface area contributed by atoms with E-state index in [4.69, 9.17) is 9.84 Å². The molecule has 1 aromatic rings. The van der Waals surface area contributed by atoms with Crippen LogP contribution in [-0.4, -0.2) is 35.9 Å². The van der Waals surface area contributed by atoms with Gasteiger partial charge < -0.3 is 14.9 Å². The van der Waals surface area contributed by atoms with Crippen molar-refractivity contribution >= 4 is 18.5 Å². The van der Waals surface area contributed by atoms with Crippen molar-refractivity contribution in [3.63, 3.8) is 0 Å². The van der Waals surface area contributed by atoms with Gasteiger partial charge in [0, 0.05) is 12.0 Å². The molecule has 0 heterocycles. The molecule has 0 saturated carbocycles. The summed E-state index contributed by atoms with van der Waals surface area (Å²) >= 11 is 0. The molecule has 20 heavy (non-hydrogen) atoms. The number of ether oxygens (including phenoxy) is 1. The van der Waals surface area contributed by atoms with Gasteiger partial charge in [0.1, 0.15) is 6.29 Å². The number of hydrogen-bond donors (Lipinski definition) is 2. The molecule has 0 unspecified atom stereocenters. The first-order valence-electron chi connectivity index (χ1n) is 6.10. The number of phenols is 1.